The van der Waals surface area contributed by atoms with Crippen LogP contribution < -0.4 is 5.73 Å². The zero-order valence-corrected chi connectivity index (χ0v) is 10.9. The molecule has 1 fully saturated rings. The van der Waals surface area contributed by atoms with Gasteiger partial charge in [0.2, 0.25) is 0 Å². The number of nitrogens with two attached hydrogens (primary N) is 1. The summed E-state index contributed by atoms with van der Waals surface area (Å²) in [6.45, 7) is 0.702. The molecular formula is C14H16ClN3. The number of benzene rings is 1. The Morgan fingerprint density at radius 2 is 2.22 bits per heavy atom. The van der Waals surface area contributed by atoms with E-state index in [2.05, 4.69) is 23.2 Å². The van der Waals surface area contributed by atoms with Gasteiger partial charge in [-0.05, 0) is 30.5 Å². The molecule has 1 saturated carbocycles. The summed E-state index contributed by atoms with van der Waals surface area (Å²) < 4.78 is 1.92. The van der Waals surface area contributed by atoms with Gasteiger partial charge in [0.05, 0.1) is 17.0 Å². The highest BCUT2D eigenvalue weighted by Gasteiger charge is 2.37. The molecule has 1 aromatic carbocycles. The molecule has 0 spiro atoms. The second kappa shape index (κ2) is 4.41. The molecule has 18 heavy (non-hydrogen) atoms. The van der Waals surface area contributed by atoms with Gasteiger partial charge in [0.1, 0.15) is 0 Å². The molecule has 4 heteroatoms. The first-order valence-corrected chi connectivity index (χ1v) is 6.61. The molecule has 2 N–H and O–H groups in total. The Hall–Kier alpha value is -1.32. The summed E-state index contributed by atoms with van der Waals surface area (Å²) in [6.07, 6.45) is 9.00. The van der Waals surface area contributed by atoms with Gasteiger partial charge in [0.15, 0.2) is 0 Å². The van der Waals surface area contributed by atoms with Crippen LogP contribution in [0.2, 0.25) is 5.02 Å². The summed E-state index contributed by atoms with van der Waals surface area (Å²) in [5, 5.41) is 0.755. The maximum absolute atomic E-state index is 6.38. The minimum atomic E-state index is 0.164. The fourth-order valence-electron chi connectivity index (χ4n) is 2.66. The van der Waals surface area contributed by atoms with Gasteiger partial charge in [-0.15, -0.1) is 0 Å². The minimum Gasteiger partial charge on any atom is -0.330 e. The summed E-state index contributed by atoms with van der Waals surface area (Å²) >= 11 is 6.38. The fourth-order valence-corrected chi connectivity index (χ4v) is 2.94. The molecule has 0 radical (unpaired) electrons. The van der Waals surface area contributed by atoms with Gasteiger partial charge in [-0.2, -0.15) is 0 Å². The van der Waals surface area contributed by atoms with Crippen LogP contribution in [0, 0.1) is 0 Å². The van der Waals surface area contributed by atoms with E-state index in [1.54, 1.807) is 12.5 Å². The average molecular weight is 262 g/mol. The van der Waals surface area contributed by atoms with Crippen molar-refractivity contribution in [2.24, 2.45) is 5.73 Å². The highest BCUT2D eigenvalue weighted by Crippen LogP contribution is 2.43. The van der Waals surface area contributed by atoms with Crippen LogP contribution in [0.4, 0.5) is 0 Å². The summed E-state index contributed by atoms with van der Waals surface area (Å²) in [4.78, 5) is 4.04. The minimum absolute atomic E-state index is 0.164. The molecule has 0 atom stereocenters. The largest absolute Gasteiger partial charge is 0.330 e. The lowest BCUT2D eigenvalue weighted by atomic mass is 9.64. The number of hydrogen-bond donors (Lipinski definition) is 1. The normalized spacial score (nSPS) is 17.4. The Morgan fingerprint density at radius 1 is 1.39 bits per heavy atom. The van der Waals surface area contributed by atoms with Crippen LogP contribution in [0.5, 0.6) is 0 Å². The van der Waals surface area contributed by atoms with E-state index >= 15 is 0 Å². The third-order valence-corrected chi connectivity index (χ3v) is 4.35. The van der Waals surface area contributed by atoms with E-state index in [9.17, 15) is 0 Å². The lowest BCUT2D eigenvalue weighted by Crippen LogP contribution is -2.41. The smallest absolute Gasteiger partial charge is 0.0992 e. The van der Waals surface area contributed by atoms with Crippen molar-refractivity contribution in [3.8, 4) is 5.69 Å². The van der Waals surface area contributed by atoms with Crippen LogP contribution in [0.15, 0.2) is 36.9 Å². The molecule has 94 valence electrons. The summed E-state index contributed by atoms with van der Waals surface area (Å²) in [6, 6.07) is 6.26. The number of nitrogens with zero attached hydrogens (tertiary/aromatic N) is 2. The highest BCUT2D eigenvalue weighted by atomic mass is 35.5. The predicted molar refractivity (Wildman–Crippen MR) is 73.2 cm³/mol. The number of halogens is 1. The van der Waals surface area contributed by atoms with Crippen LogP contribution in [0.25, 0.3) is 5.69 Å². The van der Waals surface area contributed by atoms with Crippen molar-refractivity contribution >= 4 is 11.6 Å². The molecule has 0 aliphatic heterocycles. The SMILES string of the molecule is NCC1(c2ccc(-n3ccnc3)c(Cl)c2)CCC1. The van der Waals surface area contributed by atoms with Gasteiger partial charge in [-0.1, -0.05) is 24.1 Å². The molecule has 1 aromatic heterocycles. The molecule has 3 rings (SSSR count). The lowest BCUT2D eigenvalue weighted by molar-refractivity contribution is 0.253. The van der Waals surface area contributed by atoms with Crippen molar-refractivity contribution in [3.05, 3.63) is 47.5 Å². The zero-order chi connectivity index (χ0) is 12.6. The second-order valence-electron chi connectivity index (χ2n) is 4.97. The monoisotopic (exact) mass is 261 g/mol. The van der Waals surface area contributed by atoms with Gasteiger partial charge < -0.3 is 10.3 Å². The summed E-state index contributed by atoms with van der Waals surface area (Å²) in [5.74, 6) is 0. The molecule has 0 bridgehead atoms. The van der Waals surface area contributed by atoms with Crippen molar-refractivity contribution in [1.29, 1.82) is 0 Å². The van der Waals surface area contributed by atoms with Gasteiger partial charge in [-0.25, -0.2) is 4.98 Å². The molecule has 0 unspecified atom stereocenters. The van der Waals surface area contributed by atoms with Crippen molar-refractivity contribution in [3.63, 3.8) is 0 Å². The van der Waals surface area contributed by atoms with E-state index in [0.29, 0.717) is 6.54 Å². The zero-order valence-electron chi connectivity index (χ0n) is 10.1. The van der Waals surface area contributed by atoms with Crippen molar-refractivity contribution in [2.45, 2.75) is 24.7 Å². The van der Waals surface area contributed by atoms with Gasteiger partial charge in [0, 0.05) is 24.4 Å². The quantitative estimate of drug-likeness (QED) is 0.923. The molecule has 3 nitrogen and oxygen atoms in total. The van der Waals surface area contributed by atoms with E-state index in [1.807, 2.05) is 10.8 Å². The van der Waals surface area contributed by atoms with E-state index < -0.39 is 0 Å². The Morgan fingerprint density at radius 3 is 2.72 bits per heavy atom. The maximum Gasteiger partial charge on any atom is 0.0992 e. The first kappa shape index (κ1) is 11.8. The Balaban J connectivity index is 1.99. The lowest BCUT2D eigenvalue weighted by Gasteiger charge is -2.41. The third kappa shape index (κ3) is 1.74. The molecule has 1 aliphatic carbocycles. The number of aromatic nitrogens is 2. The highest BCUT2D eigenvalue weighted by molar-refractivity contribution is 6.32. The van der Waals surface area contributed by atoms with Crippen molar-refractivity contribution in [1.82, 2.24) is 9.55 Å². The van der Waals surface area contributed by atoms with Gasteiger partial charge in [-0.3, -0.25) is 0 Å². The van der Waals surface area contributed by atoms with Crippen molar-refractivity contribution < 1.29 is 0 Å². The number of rotatable bonds is 3. The first-order chi connectivity index (χ1) is 8.75. The average Bonchev–Trinajstić information content (AvgIpc) is 2.82. The van der Waals surface area contributed by atoms with E-state index in [4.69, 9.17) is 17.3 Å². The molecule has 1 heterocycles. The van der Waals surface area contributed by atoms with Crippen LogP contribution in [0.3, 0.4) is 0 Å². The Kier molecular flexibility index (Phi) is 2.88. The fraction of sp³-hybridized carbons (Fsp3) is 0.357. The molecule has 0 amide bonds. The number of hydrogen-bond acceptors (Lipinski definition) is 2. The van der Waals surface area contributed by atoms with E-state index in [1.165, 1.54) is 24.8 Å². The van der Waals surface area contributed by atoms with Gasteiger partial charge >= 0.3 is 0 Å². The topological polar surface area (TPSA) is 43.8 Å². The molecular weight excluding hydrogens is 246 g/mol. The van der Waals surface area contributed by atoms with Crippen LogP contribution in [0.1, 0.15) is 24.8 Å². The third-order valence-electron chi connectivity index (χ3n) is 4.04. The summed E-state index contributed by atoms with van der Waals surface area (Å²) in [7, 11) is 0. The molecule has 2 aromatic rings. The predicted octanol–water partition coefficient (Wildman–Crippen LogP) is 2.91. The molecule has 0 saturated heterocycles. The van der Waals surface area contributed by atoms with Crippen LogP contribution in [-0.2, 0) is 5.41 Å². The van der Waals surface area contributed by atoms with Crippen LogP contribution >= 0.6 is 11.6 Å². The van der Waals surface area contributed by atoms with Crippen molar-refractivity contribution in [2.75, 3.05) is 6.54 Å². The maximum atomic E-state index is 6.38. The Bertz CT molecular complexity index is 539. The first-order valence-electron chi connectivity index (χ1n) is 6.24. The number of imidazole rings is 1. The second-order valence-corrected chi connectivity index (χ2v) is 5.38. The molecule has 1 aliphatic rings. The standard InChI is InChI=1S/C14H16ClN3/c15-12-8-11(14(9-16)4-1-5-14)2-3-13(12)18-7-6-17-10-18/h2-3,6-8,10H,1,4-5,9,16H2. The van der Waals surface area contributed by atoms with E-state index in [-0.39, 0.29) is 5.41 Å². The Labute approximate surface area is 112 Å². The summed E-state index contributed by atoms with van der Waals surface area (Å²) in [5.41, 5.74) is 8.32. The van der Waals surface area contributed by atoms with Crippen LogP contribution in [-0.4, -0.2) is 16.1 Å². The van der Waals surface area contributed by atoms with Gasteiger partial charge in [0.25, 0.3) is 0 Å². The van der Waals surface area contributed by atoms with E-state index in [0.717, 1.165) is 10.7 Å².